The summed E-state index contributed by atoms with van der Waals surface area (Å²) in [4.78, 5) is 10.7. The number of carbonyl (C=O) groups is 1. The zero-order chi connectivity index (χ0) is 8.43. The Balaban J connectivity index is 0.00000121. The molecule has 0 aliphatic rings. The first-order chi connectivity index (χ1) is 5.11. The third kappa shape index (κ3) is 2.10. The molecule has 0 saturated heterocycles. The zero-order valence-electron chi connectivity index (χ0n) is 6.62. The number of aromatic nitrogens is 1. The van der Waals surface area contributed by atoms with Crippen LogP contribution >= 0.6 is 0 Å². The quantitative estimate of drug-likeness (QED) is 0.443. The molecule has 0 unspecified atom stereocenters. The lowest BCUT2D eigenvalue weighted by atomic mass is 10.2. The highest BCUT2D eigenvalue weighted by atomic mass is 35.5. The second kappa shape index (κ2) is 3.92. The van der Waals surface area contributed by atoms with E-state index in [1.807, 2.05) is 0 Å². The van der Waals surface area contributed by atoms with Gasteiger partial charge in [-0.1, -0.05) is 0 Å². The maximum Gasteiger partial charge on any atom is 0.256 e. The molecule has 0 fully saturated rings. The number of pyridine rings is 1. The number of halogens is 1. The van der Waals surface area contributed by atoms with Crippen molar-refractivity contribution in [1.29, 1.82) is 0 Å². The number of amides is 1. The number of rotatable bonds is 1. The Morgan fingerprint density at radius 1 is 1.58 bits per heavy atom. The molecule has 1 amide bonds. The first-order valence-electron chi connectivity index (χ1n) is 3.16. The summed E-state index contributed by atoms with van der Waals surface area (Å²) in [6.07, 6.45) is 3.35. The zero-order valence-corrected chi connectivity index (χ0v) is 7.38. The molecule has 0 aromatic carbocycles. The molecular weight excluding hydrogens is 178 g/mol. The Kier molecular flexibility index (Phi) is 3.50. The molecule has 1 aromatic rings. The number of aryl methyl sites for hydroxylation is 1. The second-order valence-corrected chi connectivity index (χ2v) is 2.34. The van der Waals surface area contributed by atoms with Crippen LogP contribution in [0.5, 0.6) is 0 Å². The second-order valence-electron chi connectivity index (χ2n) is 2.34. The van der Waals surface area contributed by atoms with Gasteiger partial charge in [0.2, 0.25) is 0 Å². The van der Waals surface area contributed by atoms with Crippen molar-refractivity contribution in [3.05, 3.63) is 24.0 Å². The number of hydrogen-bond acceptors (Lipinski definition) is 2. The van der Waals surface area contributed by atoms with Crippen molar-refractivity contribution in [2.45, 2.75) is 0 Å². The molecule has 4 nitrogen and oxygen atoms in total. The molecule has 0 radical (unpaired) electrons. The molecular formula is C7H10ClN3O. The van der Waals surface area contributed by atoms with Crippen molar-refractivity contribution in [3.63, 3.8) is 0 Å². The highest BCUT2D eigenvalue weighted by Crippen LogP contribution is 2.05. The molecule has 0 bridgehead atoms. The fourth-order valence-corrected chi connectivity index (χ4v) is 0.815. The number of nitrogen functional groups attached to an aromatic ring is 1. The Labute approximate surface area is 76.6 Å². The maximum atomic E-state index is 10.7. The molecule has 1 heterocycles. The van der Waals surface area contributed by atoms with Gasteiger partial charge in [0, 0.05) is 6.07 Å². The van der Waals surface area contributed by atoms with Crippen LogP contribution in [0.3, 0.4) is 0 Å². The van der Waals surface area contributed by atoms with E-state index in [1.165, 1.54) is 0 Å². The maximum absolute atomic E-state index is 10.7. The minimum atomic E-state index is -0.501. The largest absolute Gasteiger partial charge is 1.00 e. The van der Waals surface area contributed by atoms with Crippen LogP contribution in [0.4, 0.5) is 5.69 Å². The van der Waals surface area contributed by atoms with Crippen LogP contribution in [0.15, 0.2) is 18.5 Å². The number of hydrogen-bond donors (Lipinski definition) is 2. The van der Waals surface area contributed by atoms with Gasteiger partial charge in [-0.25, -0.2) is 4.57 Å². The fourth-order valence-electron chi connectivity index (χ4n) is 0.815. The van der Waals surface area contributed by atoms with Crippen molar-refractivity contribution < 1.29 is 21.8 Å². The highest BCUT2D eigenvalue weighted by molar-refractivity contribution is 5.97. The summed E-state index contributed by atoms with van der Waals surface area (Å²) in [6.45, 7) is 0. The molecule has 0 saturated carbocycles. The van der Waals surface area contributed by atoms with Crippen molar-refractivity contribution in [2.24, 2.45) is 12.8 Å². The van der Waals surface area contributed by atoms with Crippen molar-refractivity contribution in [1.82, 2.24) is 0 Å². The number of carbonyl (C=O) groups excluding carboxylic acids is 1. The molecule has 66 valence electrons. The topological polar surface area (TPSA) is 73.0 Å². The van der Waals surface area contributed by atoms with E-state index in [9.17, 15) is 4.79 Å². The molecule has 0 aliphatic carbocycles. The summed E-state index contributed by atoms with van der Waals surface area (Å²) in [5.41, 5.74) is 11.3. The van der Waals surface area contributed by atoms with Crippen LogP contribution in [-0.4, -0.2) is 5.91 Å². The number of nitrogens with zero attached hydrogens (tertiary/aromatic N) is 1. The van der Waals surface area contributed by atoms with Crippen molar-refractivity contribution in [2.75, 3.05) is 5.73 Å². The summed E-state index contributed by atoms with van der Waals surface area (Å²) in [7, 11) is 1.80. The molecule has 0 aliphatic heterocycles. The van der Waals surface area contributed by atoms with Gasteiger partial charge >= 0.3 is 0 Å². The van der Waals surface area contributed by atoms with Gasteiger partial charge in [0.1, 0.15) is 12.6 Å². The van der Waals surface area contributed by atoms with Crippen LogP contribution in [0, 0.1) is 0 Å². The monoisotopic (exact) mass is 187 g/mol. The minimum Gasteiger partial charge on any atom is -1.00 e. The van der Waals surface area contributed by atoms with Gasteiger partial charge in [0.15, 0.2) is 12.4 Å². The lowest BCUT2D eigenvalue weighted by molar-refractivity contribution is -0.671. The first-order valence-corrected chi connectivity index (χ1v) is 3.16. The normalized spacial score (nSPS) is 8.75. The van der Waals surface area contributed by atoms with Gasteiger partial charge in [-0.2, -0.15) is 0 Å². The van der Waals surface area contributed by atoms with Gasteiger partial charge in [-0.05, 0) is 0 Å². The van der Waals surface area contributed by atoms with E-state index < -0.39 is 5.91 Å². The molecule has 5 heteroatoms. The number of nitrogens with two attached hydrogens (primary N) is 2. The van der Waals surface area contributed by atoms with Gasteiger partial charge in [-0.15, -0.1) is 0 Å². The predicted molar refractivity (Wildman–Crippen MR) is 40.5 cm³/mol. The van der Waals surface area contributed by atoms with Crippen LogP contribution in [0.1, 0.15) is 10.4 Å². The highest BCUT2D eigenvalue weighted by Gasteiger charge is 2.08. The molecule has 1 aromatic heterocycles. The average molecular weight is 188 g/mol. The lowest BCUT2D eigenvalue weighted by Crippen LogP contribution is -3.00. The summed E-state index contributed by atoms with van der Waals surface area (Å²) in [5, 5.41) is 0. The summed E-state index contributed by atoms with van der Waals surface area (Å²) < 4.78 is 1.72. The molecule has 1 rings (SSSR count). The van der Waals surface area contributed by atoms with E-state index in [-0.39, 0.29) is 12.4 Å². The Morgan fingerprint density at radius 2 is 2.17 bits per heavy atom. The Bertz CT molecular complexity index is 301. The Morgan fingerprint density at radius 3 is 2.58 bits per heavy atom. The SMILES string of the molecule is C[n+]1ccc(N)c(C(N)=O)c1.[Cl-]. The van der Waals surface area contributed by atoms with Crippen LogP contribution in [0.25, 0.3) is 0 Å². The van der Waals surface area contributed by atoms with Gasteiger partial charge in [0.25, 0.3) is 5.91 Å². The van der Waals surface area contributed by atoms with E-state index in [0.29, 0.717) is 11.3 Å². The van der Waals surface area contributed by atoms with Crippen molar-refractivity contribution in [3.8, 4) is 0 Å². The van der Waals surface area contributed by atoms with Gasteiger partial charge in [0.05, 0.1) is 5.69 Å². The van der Waals surface area contributed by atoms with E-state index >= 15 is 0 Å². The predicted octanol–water partition coefficient (Wildman–Crippen LogP) is -3.80. The number of primary amides is 1. The third-order valence-corrected chi connectivity index (χ3v) is 1.40. The minimum absolute atomic E-state index is 0. The molecule has 0 atom stereocenters. The number of anilines is 1. The average Bonchev–Trinajstić information content (AvgIpc) is 1.94. The smallest absolute Gasteiger partial charge is 0.256 e. The van der Waals surface area contributed by atoms with Crippen LogP contribution < -0.4 is 28.4 Å². The molecule has 12 heavy (non-hydrogen) atoms. The van der Waals surface area contributed by atoms with E-state index in [2.05, 4.69) is 0 Å². The van der Waals surface area contributed by atoms with Gasteiger partial charge < -0.3 is 23.9 Å². The van der Waals surface area contributed by atoms with E-state index in [0.717, 1.165) is 0 Å². The van der Waals surface area contributed by atoms with Crippen molar-refractivity contribution >= 4 is 11.6 Å². The van der Waals surface area contributed by atoms with E-state index in [4.69, 9.17) is 11.5 Å². The summed E-state index contributed by atoms with van der Waals surface area (Å²) in [6, 6.07) is 1.64. The molecule has 4 N–H and O–H groups in total. The first kappa shape index (κ1) is 10.7. The Hall–Kier alpha value is -1.29. The molecule has 0 spiro atoms. The summed E-state index contributed by atoms with van der Waals surface area (Å²) in [5.74, 6) is -0.501. The van der Waals surface area contributed by atoms with Crippen LogP contribution in [-0.2, 0) is 7.05 Å². The standard InChI is InChI=1S/C7H9N3O.ClH/c1-10-3-2-6(8)5(4-10)7(9)11;/h2-4,8H,1H3,(H2,9,11);1H. The lowest BCUT2D eigenvalue weighted by Gasteiger charge is -1.96. The van der Waals surface area contributed by atoms with E-state index in [1.54, 1.807) is 30.1 Å². The van der Waals surface area contributed by atoms with Crippen LogP contribution in [0.2, 0.25) is 0 Å². The fraction of sp³-hybridized carbons (Fsp3) is 0.143. The third-order valence-electron chi connectivity index (χ3n) is 1.40. The summed E-state index contributed by atoms with van der Waals surface area (Å²) >= 11 is 0. The van der Waals surface area contributed by atoms with Gasteiger partial charge in [-0.3, -0.25) is 4.79 Å².